The van der Waals surface area contributed by atoms with Gasteiger partial charge in [0.15, 0.2) is 0 Å². The van der Waals surface area contributed by atoms with E-state index in [1.807, 2.05) is 37.3 Å². The van der Waals surface area contributed by atoms with Crippen LogP contribution in [0.3, 0.4) is 0 Å². The number of pyridine rings is 1. The number of nitrogens with zero attached hydrogens (tertiary/aromatic N) is 1. The minimum atomic E-state index is -0.465. The van der Waals surface area contributed by atoms with Gasteiger partial charge in [-0.05, 0) is 41.8 Å². The molecule has 0 fully saturated rings. The van der Waals surface area contributed by atoms with Gasteiger partial charge in [-0.2, -0.15) is 0 Å². The Morgan fingerprint density at radius 3 is 2.40 bits per heavy atom. The summed E-state index contributed by atoms with van der Waals surface area (Å²) < 4.78 is 1.15. The number of aryl methyl sites for hydroxylation is 1. The molecule has 1 aromatic heterocycles. The minimum absolute atomic E-state index is 0.103. The Morgan fingerprint density at radius 1 is 0.967 bits per heavy atom. The van der Waals surface area contributed by atoms with Crippen LogP contribution in [-0.2, 0) is 24.3 Å². The summed E-state index contributed by atoms with van der Waals surface area (Å²) in [5, 5.41) is 6.04. The fraction of sp³-hybridized carbons (Fsp3) is 0.174. The van der Waals surface area contributed by atoms with Gasteiger partial charge in [0.05, 0.1) is 0 Å². The molecule has 0 saturated carbocycles. The molecule has 6 nitrogen and oxygen atoms in total. The second-order valence-electron chi connectivity index (χ2n) is 6.71. The van der Waals surface area contributed by atoms with Gasteiger partial charge < -0.3 is 10.6 Å². The number of hydrogen-bond acceptors (Lipinski definition) is 3. The molecule has 0 aliphatic carbocycles. The van der Waals surface area contributed by atoms with E-state index in [-0.39, 0.29) is 18.8 Å². The van der Waals surface area contributed by atoms with Gasteiger partial charge >= 0.3 is 0 Å². The highest BCUT2D eigenvalue weighted by Crippen LogP contribution is 2.14. The topological polar surface area (TPSA) is 80.2 Å². The number of benzene rings is 2. The fourth-order valence-electron chi connectivity index (χ4n) is 2.96. The van der Waals surface area contributed by atoms with Crippen molar-refractivity contribution in [3.8, 4) is 0 Å². The van der Waals surface area contributed by atoms with Crippen LogP contribution in [0.15, 0.2) is 71.5 Å². The highest BCUT2D eigenvalue weighted by molar-refractivity contribution is 6.31. The van der Waals surface area contributed by atoms with Gasteiger partial charge in [0.25, 0.3) is 11.5 Å². The van der Waals surface area contributed by atoms with Crippen molar-refractivity contribution in [2.24, 2.45) is 0 Å². The summed E-state index contributed by atoms with van der Waals surface area (Å²) in [7, 11) is 0. The van der Waals surface area contributed by atoms with Gasteiger partial charge in [-0.3, -0.25) is 19.0 Å². The molecule has 7 heteroatoms. The van der Waals surface area contributed by atoms with Gasteiger partial charge in [0, 0.05) is 23.3 Å². The Balaban J connectivity index is 1.72. The van der Waals surface area contributed by atoms with E-state index in [4.69, 9.17) is 11.6 Å². The summed E-state index contributed by atoms with van der Waals surface area (Å²) in [6.07, 6.45) is 0.903. The molecule has 0 unspecified atom stereocenters. The highest BCUT2D eigenvalue weighted by atomic mass is 35.5. The van der Waals surface area contributed by atoms with Crippen molar-refractivity contribution in [1.29, 1.82) is 0 Å². The van der Waals surface area contributed by atoms with Crippen LogP contribution in [0.2, 0.25) is 5.02 Å². The van der Waals surface area contributed by atoms with Crippen LogP contribution < -0.4 is 16.2 Å². The molecule has 2 amide bonds. The van der Waals surface area contributed by atoms with Crippen LogP contribution in [-0.4, -0.2) is 16.4 Å². The Labute approximate surface area is 179 Å². The van der Waals surface area contributed by atoms with Crippen molar-refractivity contribution < 1.29 is 9.59 Å². The molecule has 0 saturated heterocycles. The first-order valence-electron chi connectivity index (χ1n) is 9.58. The van der Waals surface area contributed by atoms with Gasteiger partial charge in [0.1, 0.15) is 12.2 Å². The third-order valence-electron chi connectivity index (χ3n) is 4.63. The smallest absolute Gasteiger partial charge is 0.268 e. The number of carbonyl (C=O) groups excluding carboxylic acids is 2. The van der Waals surface area contributed by atoms with Crippen molar-refractivity contribution in [1.82, 2.24) is 9.88 Å². The standard InChI is InChI=1S/C23H22ClN3O3/c1-2-16-10-12-18(13-11-16)26-21(28)15-27-20(8-5-9-22(27)29)23(30)25-14-17-6-3-4-7-19(17)24/h3-13H,2,14-15H2,1H3,(H,25,30)(H,26,28). The molecule has 2 aromatic carbocycles. The maximum absolute atomic E-state index is 12.7. The number of anilines is 1. The Morgan fingerprint density at radius 2 is 1.70 bits per heavy atom. The first kappa shape index (κ1) is 21.3. The Kier molecular flexibility index (Phi) is 7.03. The maximum Gasteiger partial charge on any atom is 0.268 e. The third-order valence-corrected chi connectivity index (χ3v) is 5.00. The second kappa shape index (κ2) is 9.89. The minimum Gasteiger partial charge on any atom is -0.347 e. The van der Waals surface area contributed by atoms with E-state index in [0.29, 0.717) is 10.7 Å². The first-order chi connectivity index (χ1) is 14.5. The van der Waals surface area contributed by atoms with E-state index in [1.54, 1.807) is 18.2 Å². The van der Waals surface area contributed by atoms with Gasteiger partial charge in [-0.25, -0.2) is 0 Å². The zero-order chi connectivity index (χ0) is 21.5. The Bertz CT molecular complexity index is 1110. The van der Waals surface area contributed by atoms with Crippen molar-refractivity contribution in [3.63, 3.8) is 0 Å². The number of rotatable bonds is 7. The number of hydrogen-bond donors (Lipinski definition) is 2. The van der Waals surface area contributed by atoms with Crippen molar-refractivity contribution in [2.45, 2.75) is 26.4 Å². The Hall–Kier alpha value is -3.38. The maximum atomic E-state index is 12.7. The lowest BCUT2D eigenvalue weighted by molar-refractivity contribution is -0.116. The lowest BCUT2D eigenvalue weighted by atomic mass is 10.1. The summed E-state index contributed by atoms with van der Waals surface area (Å²) in [5.41, 5.74) is 2.21. The fourth-order valence-corrected chi connectivity index (χ4v) is 3.16. The number of nitrogens with one attached hydrogen (secondary N) is 2. The van der Waals surface area contributed by atoms with Crippen LogP contribution in [0.4, 0.5) is 5.69 Å². The number of halogens is 1. The average Bonchev–Trinajstić information content (AvgIpc) is 2.75. The third kappa shape index (κ3) is 5.36. The predicted molar refractivity (Wildman–Crippen MR) is 118 cm³/mol. The molecule has 0 spiro atoms. The van der Waals surface area contributed by atoms with Crippen LogP contribution in [0.25, 0.3) is 0 Å². The van der Waals surface area contributed by atoms with Crippen molar-refractivity contribution in [3.05, 3.63) is 98.9 Å². The molecule has 3 aromatic rings. The quantitative estimate of drug-likeness (QED) is 0.609. The highest BCUT2D eigenvalue weighted by Gasteiger charge is 2.15. The van der Waals surface area contributed by atoms with E-state index in [0.717, 1.165) is 22.1 Å². The molecule has 154 valence electrons. The lowest BCUT2D eigenvalue weighted by Crippen LogP contribution is -2.34. The number of aromatic nitrogens is 1. The molecule has 0 radical (unpaired) electrons. The van der Waals surface area contributed by atoms with E-state index in [1.165, 1.54) is 18.2 Å². The van der Waals surface area contributed by atoms with Crippen LogP contribution in [0, 0.1) is 0 Å². The largest absolute Gasteiger partial charge is 0.347 e. The van der Waals surface area contributed by atoms with Crippen LogP contribution in [0.1, 0.15) is 28.5 Å². The van der Waals surface area contributed by atoms with Crippen molar-refractivity contribution >= 4 is 29.1 Å². The first-order valence-corrected chi connectivity index (χ1v) is 9.96. The molecule has 2 N–H and O–H groups in total. The van der Waals surface area contributed by atoms with E-state index < -0.39 is 17.4 Å². The lowest BCUT2D eigenvalue weighted by Gasteiger charge is -2.13. The average molecular weight is 424 g/mol. The molecule has 0 aliphatic rings. The van der Waals surface area contributed by atoms with Gasteiger partial charge in [-0.1, -0.05) is 54.9 Å². The number of carbonyl (C=O) groups is 2. The van der Waals surface area contributed by atoms with E-state index in [2.05, 4.69) is 10.6 Å². The van der Waals surface area contributed by atoms with Gasteiger partial charge in [-0.15, -0.1) is 0 Å². The number of amides is 2. The van der Waals surface area contributed by atoms with Gasteiger partial charge in [0.2, 0.25) is 5.91 Å². The summed E-state index contributed by atoms with van der Waals surface area (Å²) >= 11 is 6.12. The molecule has 0 bridgehead atoms. The molecule has 3 rings (SSSR count). The normalized spacial score (nSPS) is 10.5. The molecular weight excluding hydrogens is 402 g/mol. The SMILES string of the molecule is CCc1ccc(NC(=O)Cn2c(C(=O)NCc3ccccc3Cl)cccc2=O)cc1. The summed E-state index contributed by atoms with van der Waals surface area (Å²) in [4.78, 5) is 37.5. The zero-order valence-corrected chi connectivity index (χ0v) is 17.3. The van der Waals surface area contributed by atoms with Crippen LogP contribution >= 0.6 is 11.6 Å². The summed E-state index contributed by atoms with van der Waals surface area (Å²) in [6, 6.07) is 18.9. The predicted octanol–water partition coefficient (Wildman–Crippen LogP) is 3.63. The zero-order valence-electron chi connectivity index (χ0n) is 16.5. The molecule has 1 heterocycles. The molecule has 0 atom stereocenters. The summed E-state index contributed by atoms with van der Waals surface area (Å²) in [6.45, 7) is 1.98. The summed E-state index contributed by atoms with van der Waals surface area (Å²) in [5.74, 6) is -0.861. The molecule has 30 heavy (non-hydrogen) atoms. The molecular formula is C23H22ClN3O3. The van der Waals surface area contributed by atoms with E-state index >= 15 is 0 Å². The van der Waals surface area contributed by atoms with E-state index in [9.17, 15) is 14.4 Å². The molecule has 0 aliphatic heterocycles. The van der Waals surface area contributed by atoms with Crippen molar-refractivity contribution in [2.75, 3.05) is 5.32 Å². The van der Waals surface area contributed by atoms with Crippen LogP contribution in [0.5, 0.6) is 0 Å². The monoisotopic (exact) mass is 423 g/mol. The second-order valence-corrected chi connectivity index (χ2v) is 7.12.